The van der Waals surface area contributed by atoms with Crippen LogP contribution in [0.3, 0.4) is 0 Å². The van der Waals surface area contributed by atoms with Gasteiger partial charge in [-0.3, -0.25) is 14.4 Å². The van der Waals surface area contributed by atoms with E-state index in [0.717, 1.165) is 103 Å². The van der Waals surface area contributed by atoms with Crippen molar-refractivity contribution in [1.29, 1.82) is 0 Å². The van der Waals surface area contributed by atoms with Crippen LogP contribution in [-0.2, 0) is 28.6 Å². The van der Waals surface area contributed by atoms with Gasteiger partial charge >= 0.3 is 17.9 Å². The highest BCUT2D eigenvalue weighted by atomic mass is 16.6. The molecule has 0 aromatic rings. The summed E-state index contributed by atoms with van der Waals surface area (Å²) in [5, 5.41) is 0. The van der Waals surface area contributed by atoms with E-state index >= 15 is 0 Å². The zero-order valence-electron chi connectivity index (χ0n) is 51.0. The van der Waals surface area contributed by atoms with Gasteiger partial charge in [0.2, 0.25) is 0 Å². The Morgan fingerprint density at radius 1 is 0.273 bits per heavy atom. The lowest BCUT2D eigenvalue weighted by molar-refractivity contribution is -0.167. The number of ether oxygens (including phenoxy) is 3. The predicted octanol–water partition coefficient (Wildman–Crippen LogP) is 22.7. The van der Waals surface area contributed by atoms with Crippen LogP contribution < -0.4 is 0 Å². The number of carbonyl (C=O) groups excluding carboxylic acids is 3. The molecule has 0 radical (unpaired) electrons. The Balaban J connectivity index is 4.41. The molecule has 0 aromatic heterocycles. The fourth-order valence-electron chi connectivity index (χ4n) is 9.44. The van der Waals surface area contributed by atoms with Crippen molar-refractivity contribution in [2.75, 3.05) is 13.2 Å². The summed E-state index contributed by atoms with van der Waals surface area (Å²) in [6.45, 7) is 6.52. The smallest absolute Gasteiger partial charge is 0.306 e. The van der Waals surface area contributed by atoms with E-state index < -0.39 is 6.10 Å². The van der Waals surface area contributed by atoms with Gasteiger partial charge in [-0.2, -0.15) is 0 Å². The lowest BCUT2D eigenvalue weighted by Gasteiger charge is -2.18. The highest BCUT2D eigenvalue weighted by molar-refractivity contribution is 5.71. The average Bonchev–Trinajstić information content (AvgIpc) is 3.43. The maximum atomic E-state index is 12.9. The van der Waals surface area contributed by atoms with E-state index in [2.05, 4.69) is 106 Å². The summed E-state index contributed by atoms with van der Waals surface area (Å²) in [4.78, 5) is 38.4. The zero-order valence-corrected chi connectivity index (χ0v) is 51.0. The molecule has 0 saturated heterocycles. The summed E-state index contributed by atoms with van der Waals surface area (Å²) in [6, 6.07) is 0. The second-order valence-electron chi connectivity index (χ2n) is 22.0. The number of allylic oxidation sites excluding steroid dienone is 14. The quantitative estimate of drug-likeness (QED) is 0.0261. The van der Waals surface area contributed by atoms with Crippen molar-refractivity contribution >= 4 is 17.9 Å². The van der Waals surface area contributed by atoms with Crippen LogP contribution >= 0.6 is 0 Å². The van der Waals surface area contributed by atoms with Crippen LogP contribution in [0, 0.1) is 0 Å². The van der Waals surface area contributed by atoms with Crippen LogP contribution in [0.25, 0.3) is 0 Å². The minimum atomic E-state index is -0.793. The largest absolute Gasteiger partial charge is 0.462 e. The first-order valence-corrected chi connectivity index (χ1v) is 33.1. The van der Waals surface area contributed by atoms with Crippen molar-refractivity contribution in [2.45, 2.75) is 335 Å². The molecule has 0 fully saturated rings. The number of esters is 3. The summed E-state index contributed by atoms with van der Waals surface area (Å²) < 4.78 is 16.9. The summed E-state index contributed by atoms with van der Waals surface area (Å²) in [6.07, 6.45) is 85.9. The van der Waals surface area contributed by atoms with Crippen LogP contribution in [0.2, 0.25) is 0 Å². The van der Waals surface area contributed by atoms with E-state index in [9.17, 15) is 14.4 Å². The molecule has 0 spiro atoms. The predicted molar refractivity (Wildman–Crippen MR) is 334 cm³/mol. The first kappa shape index (κ1) is 73.6. The lowest BCUT2D eigenvalue weighted by Crippen LogP contribution is -2.30. The molecule has 0 aliphatic carbocycles. The molecule has 0 unspecified atom stereocenters. The second-order valence-corrected chi connectivity index (χ2v) is 22.0. The van der Waals surface area contributed by atoms with E-state index in [1.165, 1.54) is 186 Å². The molecule has 0 bridgehead atoms. The van der Waals surface area contributed by atoms with Crippen LogP contribution in [0.4, 0.5) is 0 Å². The Morgan fingerprint density at radius 2 is 0.506 bits per heavy atom. The fraction of sp³-hybridized carbons (Fsp3) is 0.761. The van der Waals surface area contributed by atoms with Crippen LogP contribution in [0.1, 0.15) is 329 Å². The normalized spacial score (nSPS) is 12.6. The summed E-state index contributed by atoms with van der Waals surface area (Å²) in [7, 11) is 0. The molecule has 1 atom stereocenters. The van der Waals surface area contributed by atoms with Crippen LogP contribution in [0.15, 0.2) is 85.1 Å². The van der Waals surface area contributed by atoms with Gasteiger partial charge in [0, 0.05) is 19.3 Å². The Hall–Kier alpha value is -3.41. The van der Waals surface area contributed by atoms with Gasteiger partial charge in [-0.25, -0.2) is 0 Å². The molecular weight excluding hydrogens is 949 g/mol. The molecule has 0 amide bonds. The molecule has 0 saturated carbocycles. The third kappa shape index (κ3) is 63.3. The summed E-state index contributed by atoms with van der Waals surface area (Å²) in [5.74, 6) is -0.907. The van der Waals surface area contributed by atoms with Crippen molar-refractivity contribution in [3.05, 3.63) is 85.1 Å². The molecule has 0 heterocycles. The van der Waals surface area contributed by atoms with Gasteiger partial charge < -0.3 is 14.2 Å². The molecule has 6 nitrogen and oxygen atoms in total. The fourth-order valence-corrected chi connectivity index (χ4v) is 9.44. The van der Waals surface area contributed by atoms with E-state index in [1.54, 1.807) is 0 Å². The first-order valence-electron chi connectivity index (χ1n) is 33.1. The van der Waals surface area contributed by atoms with E-state index in [-0.39, 0.29) is 31.1 Å². The van der Waals surface area contributed by atoms with Crippen molar-refractivity contribution < 1.29 is 28.6 Å². The monoisotopic (exact) mass is 1070 g/mol. The van der Waals surface area contributed by atoms with Gasteiger partial charge in [0.15, 0.2) is 6.10 Å². The minimum absolute atomic E-state index is 0.0869. The first-order chi connectivity index (χ1) is 38.0. The topological polar surface area (TPSA) is 78.9 Å². The molecule has 0 rings (SSSR count). The van der Waals surface area contributed by atoms with Crippen molar-refractivity contribution in [3.8, 4) is 0 Å². The van der Waals surface area contributed by atoms with Gasteiger partial charge in [-0.15, -0.1) is 0 Å². The maximum absolute atomic E-state index is 12.9. The number of rotatable bonds is 60. The summed E-state index contributed by atoms with van der Waals surface area (Å²) >= 11 is 0. The summed E-state index contributed by atoms with van der Waals surface area (Å²) in [5.41, 5.74) is 0. The molecule has 444 valence electrons. The lowest BCUT2D eigenvalue weighted by atomic mass is 10.0. The van der Waals surface area contributed by atoms with Gasteiger partial charge in [0.05, 0.1) is 0 Å². The molecular formula is C71H124O6. The number of hydrogen-bond acceptors (Lipinski definition) is 6. The van der Waals surface area contributed by atoms with Crippen molar-refractivity contribution in [1.82, 2.24) is 0 Å². The molecule has 0 N–H and O–H groups in total. The van der Waals surface area contributed by atoms with Crippen molar-refractivity contribution in [3.63, 3.8) is 0 Å². The Morgan fingerprint density at radius 3 is 0.831 bits per heavy atom. The standard InChI is InChI=1S/C71H124O6/c1-4-7-10-13-16-19-22-25-28-31-34-35-38-41-44-47-50-53-56-59-62-65-71(74)77-68(66-75-69(72)63-60-57-54-51-48-45-42-39-36-32-29-26-23-20-17-14-11-8-5-2)67-76-70(73)64-61-58-55-52-49-46-43-40-37-33-30-27-24-21-18-15-12-9-6-3/h8,11,17-18,20-21,26-27,29-30,36,39,45,48,68H,4-7,9-10,12-16,19,22-25,28,31-35,37-38,40-44,46-47,49-67H2,1-3H3/b11-8-,20-17-,21-18-,29-26-,30-27-,39-36-,48-45-/t68-/m1/s1. The third-order valence-electron chi connectivity index (χ3n) is 14.4. The van der Waals surface area contributed by atoms with Gasteiger partial charge in [-0.05, 0) is 96.3 Å². The zero-order chi connectivity index (χ0) is 55.7. The third-order valence-corrected chi connectivity index (χ3v) is 14.4. The number of carbonyl (C=O) groups is 3. The van der Waals surface area contributed by atoms with Gasteiger partial charge in [-0.1, -0.05) is 298 Å². The van der Waals surface area contributed by atoms with E-state index in [4.69, 9.17) is 14.2 Å². The van der Waals surface area contributed by atoms with Gasteiger partial charge in [0.1, 0.15) is 13.2 Å². The molecule has 0 aliphatic rings. The molecule has 77 heavy (non-hydrogen) atoms. The molecule has 0 aliphatic heterocycles. The van der Waals surface area contributed by atoms with Crippen molar-refractivity contribution in [2.24, 2.45) is 0 Å². The SMILES string of the molecule is CC/C=C\C/C=C\C/C=C\C/C=C\C/C=C\CCCCCC(=O)OC[C@H](COC(=O)CCCCCCCCCCC/C=C\C/C=C\CCCCC)OC(=O)CCCCCCCCCCCCCCCCCCCCCCC. The maximum Gasteiger partial charge on any atom is 0.306 e. The Labute approximate surface area is 477 Å². The minimum Gasteiger partial charge on any atom is -0.462 e. The highest BCUT2D eigenvalue weighted by Crippen LogP contribution is 2.17. The highest BCUT2D eigenvalue weighted by Gasteiger charge is 2.19. The second kappa shape index (κ2) is 65.1. The Bertz CT molecular complexity index is 1470. The Kier molecular flexibility index (Phi) is 62.2. The average molecular weight is 1070 g/mol. The molecule has 0 aromatic carbocycles. The van der Waals surface area contributed by atoms with E-state index in [0.29, 0.717) is 19.3 Å². The molecule has 6 heteroatoms. The van der Waals surface area contributed by atoms with Crippen LogP contribution in [0.5, 0.6) is 0 Å². The van der Waals surface area contributed by atoms with Crippen LogP contribution in [-0.4, -0.2) is 37.2 Å². The number of unbranched alkanes of at least 4 members (excludes halogenated alkanes) is 35. The van der Waals surface area contributed by atoms with Gasteiger partial charge in [0.25, 0.3) is 0 Å². The number of hydrogen-bond donors (Lipinski definition) is 0. The van der Waals surface area contributed by atoms with E-state index in [1.807, 2.05) is 0 Å².